The van der Waals surface area contributed by atoms with Gasteiger partial charge in [-0.25, -0.2) is 4.98 Å². The van der Waals surface area contributed by atoms with Crippen molar-refractivity contribution in [2.24, 2.45) is 7.05 Å². The topological polar surface area (TPSA) is 52.0 Å². The lowest BCUT2D eigenvalue weighted by Crippen LogP contribution is -2.55. The molecule has 1 aromatic rings. The maximum Gasteiger partial charge on any atom is 0.138 e. The van der Waals surface area contributed by atoms with E-state index in [0.717, 1.165) is 38.2 Å². The van der Waals surface area contributed by atoms with Crippen molar-refractivity contribution in [2.75, 3.05) is 13.2 Å². The van der Waals surface area contributed by atoms with Gasteiger partial charge in [0.25, 0.3) is 0 Å². The minimum Gasteiger partial charge on any atom is -0.374 e. The Balaban J connectivity index is 2.17. The van der Waals surface area contributed by atoms with Crippen LogP contribution in [0.15, 0.2) is 6.33 Å². The van der Waals surface area contributed by atoms with Gasteiger partial charge in [0.1, 0.15) is 12.2 Å². The van der Waals surface area contributed by atoms with E-state index in [4.69, 9.17) is 4.74 Å². The van der Waals surface area contributed by atoms with Crippen molar-refractivity contribution in [3.05, 3.63) is 12.2 Å². The van der Waals surface area contributed by atoms with Gasteiger partial charge in [-0.3, -0.25) is 4.68 Å². The highest BCUT2D eigenvalue weighted by Crippen LogP contribution is 2.35. The van der Waals surface area contributed by atoms with Crippen molar-refractivity contribution in [2.45, 2.75) is 64.0 Å². The summed E-state index contributed by atoms with van der Waals surface area (Å²) in [6.07, 6.45) is 8.67. The van der Waals surface area contributed by atoms with Crippen molar-refractivity contribution >= 4 is 0 Å². The largest absolute Gasteiger partial charge is 0.374 e. The van der Waals surface area contributed by atoms with Crippen LogP contribution in [0.3, 0.4) is 0 Å². The molecule has 1 aliphatic rings. The fourth-order valence-electron chi connectivity index (χ4n) is 3.41. The number of ether oxygens (including phenoxy) is 1. The van der Waals surface area contributed by atoms with Crippen LogP contribution in [-0.2, 0) is 18.2 Å². The number of likely N-dealkylation sites (N-methyl/N-ethyl adjacent to an activating group) is 1. The number of aromatic nitrogens is 3. The maximum atomic E-state index is 6.25. The molecule has 0 bridgehead atoms. The molecule has 0 radical (unpaired) electrons. The minimum absolute atomic E-state index is 0.0328. The standard InChI is InChI=1S/C15H28N4O/c1-4-16-13(11-14-17-12-18-19(14)3)15(20-5-2)9-7-6-8-10-15/h12-13,16H,4-11H2,1-3H3. The van der Waals surface area contributed by atoms with E-state index in [1.807, 2.05) is 11.7 Å². The Hall–Kier alpha value is -0.940. The Morgan fingerprint density at radius 3 is 2.65 bits per heavy atom. The molecule has 1 heterocycles. The van der Waals surface area contributed by atoms with Gasteiger partial charge in [-0.1, -0.05) is 26.2 Å². The lowest BCUT2D eigenvalue weighted by Gasteiger charge is -2.43. The molecule has 20 heavy (non-hydrogen) atoms. The van der Waals surface area contributed by atoms with Crippen LogP contribution in [0, 0.1) is 0 Å². The second-order valence-corrected chi connectivity index (χ2v) is 5.67. The first-order valence-electron chi connectivity index (χ1n) is 7.92. The summed E-state index contributed by atoms with van der Waals surface area (Å²) in [4.78, 5) is 4.38. The molecule has 0 aliphatic heterocycles. The number of hydrogen-bond donors (Lipinski definition) is 1. The summed E-state index contributed by atoms with van der Waals surface area (Å²) in [5.41, 5.74) is -0.0328. The molecule has 5 nitrogen and oxygen atoms in total. The molecule has 1 saturated carbocycles. The second kappa shape index (κ2) is 7.18. The summed E-state index contributed by atoms with van der Waals surface area (Å²) in [6, 6.07) is 0.315. The zero-order valence-corrected chi connectivity index (χ0v) is 13.1. The fraction of sp³-hybridized carbons (Fsp3) is 0.867. The quantitative estimate of drug-likeness (QED) is 0.831. The second-order valence-electron chi connectivity index (χ2n) is 5.67. The lowest BCUT2D eigenvalue weighted by atomic mass is 9.77. The van der Waals surface area contributed by atoms with E-state index in [-0.39, 0.29) is 5.60 Å². The Labute approximate surface area is 122 Å². The molecular formula is C15H28N4O. The molecule has 1 aliphatic carbocycles. The predicted molar refractivity (Wildman–Crippen MR) is 79.6 cm³/mol. The smallest absolute Gasteiger partial charge is 0.138 e. The first-order chi connectivity index (χ1) is 9.72. The molecule has 0 spiro atoms. The van der Waals surface area contributed by atoms with E-state index in [1.165, 1.54) is 19.3 Å². The van der Waals surface area contributed by atoms with Gasteiger partial charge in [-0.05, 0) is 26.3 Å². The first kappa shape index (κ1) is 15.4. The highest BCUT2D eigenvalue weighted by Gasteiger charge is 2.40. The van der Waals surface area contributed by atoms with E-state index in [1.54, 1.807) is 6.33 Å². The van der Waals surface area contributed by atoms with Gasteiger partial charge in [0.2, 0.25) is 0 Å². The Morgan fingerprint density at radius 1 is 1.35 bits per heavy atom. The number of rotatable bonds is 7. The van der Waals surface area contributed by atoms with Gasteiger partial charge in [0.05, 0.1) is 5.60 Å². The van der Waals surface area contributed by atoms with Crippen LogP contribution in [-0.4, -0.2) is 39.6 Å². The van der Waals surface area contributed by atoms with Crippen molar-refractivity contribution < 1.29 is 4.74 Å². The molecule has 1 N–H and O–H groups in total. The summed E-state index contributed by atoms with van der Waals surface area (Å²) in [5, 5.41) is 7.82. The molecule has 0 aromatic carbocycles. The zero-order chi connectivity index (χ0) is 14.4. The summed E-state index contributed by atoms with van der Waals surface area (Å²) in [5.74, 6) is 1.03. The molecule has 5 heteroatoms. The molecule has 0 amide bonds. The first-order valence-corrected chi connectivity index (χ1v) is 7.92. The molecule has 1 fully saturated rings. The van der Waals surface area contributed by atoms with Crippen molar-refractivity contribution in [3.63, 3.8) is 0 Å². The zero-order valence-electron chi connectivity index (χ0n) is 13.1. The molecule has 0 saturated heterocycles. The monoisotopic (exact) mass is 280 g/mol. The van der Waals surface area contributed by atoms with Crippen LogP contribution in [0.25, 0.3) is 0 Å². The van der Waals surface area contributed by atoms with Crippen LogP contribution < -0.4 is 5.32 Å². The maximum absolute atomic E-state index is 6.25. The van der Waals surface area contributed by atoms with E-state index in [9.17, 15) is 0 Å². The number of hydrogen-bond acceptors (Lipinski definition) is 4. The Bertz CT molecular complexity index is 393. The normalized spacial score (nSPS) is 19.9. The van der Waals surface area contributed by atoms with Crippen molar-refractivity contribution in [1.82, 2.24) is 20.1 Å². The summed E-state index contributed by atoms with van der Waals surface area (Å²) in [6.45, 7) is 5.99. The average molecular weight is 280 g/mol. The van der Waals surface area contributed by atoms with Gasteiger partial charge >= 0.3 is 0 Å². The summed E-state index contributed by atoms with van der Waals surface area (Å²) in [7, 11) is 1.96. The predicted octanol–water partition coefficient (Wildman–Crippen LogP) is 2.08. The third-order valence-electron chi connectivity index (χ3n) is 4.41. The molecular weight excluding hydrogens is 252 g/mol. The molecule has 1 unspecified atom stereocenters. The molecule has 2 rings (SSSR count). The number of aryl methyl sites for hydroxylation is 1. The molecule has 1 atom stereocenters. The highest BCUT2D eigenvalue weighted by atomic mass is 16.5. The Morgan fingerprint density at radius 2 is 2.10 bits per heavy atom. The molecule has 114 valence electrons. The third kappa shape index (κ3) is 3.38. The number of nitrogens with zero attached hydrogens (tertiary/aromatic N) is 3. The summed E-state index contributed by atoms with van der Waals surface area (Å²) < 4.78 is 8.12. The Kier molecular flexibility index (Phi) is 5.54. The van der Waals surface area contributed by atoms with E-state index in [0.29, 0.717) is 6.04 Å². The van der Waals surface area contributed by atoms with E-state index >= 15 is 0 Å². The summed E-state index contributed by atoms with van der Waals surface area (Å²) >= 11 is 0. The van der Waals surface area contributed by atoms with Gasteiger partial charge in [0, 0.05) is 26.1 Å². The van der Waals surface area contributed by atoms with E-state index < -0.39 is 0 Å². The fourth-order valence-corrected chi connectivity index (χ4v) is 3.41. The lowest BCUT2D eigenvalue weighted by molar-refractivity contribution is -0.0899. The van der Waals surface area contributed by atoms with E-state index in [2.05, 4.69) is 29.2 Å². The number of nitrogens with one attached hydrogen (secondary N) is 1. The van der Waals surface area contributed by atoms with Crippen LogP contribution in [0.2, 0.25) is 0 Å². The van der Waals surface area contributed by atoms with Gasteiger partial charge in [-0.2, -0.15) is 5.10 Å². The van der Waals surface area contributed by atoms with Crippen molar-refractivity contribution in [1.29, 1.82) is 0 Å². The third-order valence-corrected chi connectivity index (χ3v) is 4.41. The van der Waals surface area contributed by atoms with Crippen LogP contribution in [0.4, 0.5) is 0 Å². The van der Waals surface area contributed by atoms with Gasteiger partial charge < -0.3 is 10.1 Å². The van der Waals surface area contributed by atoms with Crippen LogP contribution >= 0.6 is 0 Å². The van der Waals surface area contributed by atoms with Gasteiger partial charge in [0.15, 0.2) is 0 Å². The van der Waals surface area contributed by atoms with Crippen LogP contribution in [0.1, 0.15) is 51.8 Å². The minimum atomic E-state index is -0.0328. The highest BCUT2D eigenvalue weighted by molar-refractivity contribution is 5.01. The average Bonchev–Trinajstić information content (AvgIpc) is 2.85. The van der Waals surface area contributed by atoms with Crippen LogP contribution in [0.5, 0.6) is 0 Å². The molecule has 1 aromatic heterocycles. The van der Waals surface area contributed by atoms with Gasteiger partial charge in [-0.15, -0.1) is 0 Å². The SMILES string of the molecule is CCNC(Cc1ncnn1C)C1(OCC)CCCCC1. The van der Waals surface area contributed by atoms with Crippen molar-refractivity contribution in [3.8, 4) is 0 Å².